The molecule has 0 spiro atoms. The normalized spacial score (nSPS) is 2.33. The minimum atomic E-state index is -0.750. The Bertz CT molecular complexity index is 10.8. The van der Waals surface area contributed by atoms with E-state index in [2.05, 4.69) is 0 Å². The molecule has 0 aliphatic carbocycles. The summed E-state index contributed by atoms with van der Waals surface area (Å²) in [5.41, 5.74) is 0. The molecule has 0 heterocycles. The Morgan fingerprint density at radius 3 is 1.17 bits per heavy atom. The third kappa shape index (κ3) is 37.3. The Kier molecular flexibility index (Phi) is 114. The summed E-state index contributed by atoms with van der Waals surface area (Å²) in [6.45, 7) is 0. The third-order valence-electron chi connectivity index (χ3n) is 0. The fourth-order valence-corrected chi connectivity index (χ4v) is 0. The molecule has 0 rings (SSSR count). The van der Waals surface area contributed by atoms with E-state index in [4.69, 9.17) is 10.0 Å². The van der Waals surface area contributed by atoms with E-state index >= 15 is 0 Å². The van der Waals surface area contributed by atoms with Crippen LogP contribution in [0.1, 0.15) is 0 Å². The van der Waals surface area contributed by atoms with Gasteiger partial charge in [-0.05, 0) is 0 Å². The van der Waals surface area contributed by atoms with Gasteiger partial charge in [0, 0.05) is 0 Å². The van der Waals surface area contributed by atoms with E-state index in [1.54, 1.807) is 0 Å². The first kappa shape index (κ1) is 24.5. The second-order valence-corrected chi connectivity index (χ2v) is 0.141. The molecule has 0 amide bonds. The predicted octanol–water partition coefficient (Wildman–Crippen LogP) is -3.18. The molecule has 0 aromatic rings. The van der Waals surface area contributed by atoms with Gasteiger partial charge in [-0.1, -0.05) is 0 Å². The molecule has 0 aromatic heterocycles. The summed E-state index contributed by atoms with van der Waals surface area (Å²) < 4.78 is 0. The maximum absolute atomic E-state index is 7.12. The van der Waals surface area contributed by atoms with Crippen LogP contribution in [0, 0.1) is 0 Å². The molecule has 1 unspecified atom stereocenters. The van der Waals surface area contributed by atoms with Crippen LogP contribution in [-0.4, -0.2) is 74.6 Å². The van der Waals surface area contributed by atoms with Crippen LogP contribution in [0.15, 0.2) is 0 Å². The average molecular weight is 138 g/mol. The van der Waals surface area contributed by atoms with Crippen molar-refractivity contribution in [2.75, 3.05) is 0 Å². The maximum atomic E-state index is 7.12. The minimum absolute atomic E-state index is 0. The van der Waals surface area contributed by atoms with E-state index in [0.717, 1.165) is 0 Å². The van der Waals surface area contributed by atoms with Crippen LogP contribution in [0.4, 0.5) is 0 Å². The van der Waals surface area contributed by atoms with Crippen molar-refractivity contribution in [3.05, 3.63) is 0 Å². The first-order valence-electron chi connectivity index (χ1n) is 0.632. The van der Waals surface area contributed by atoms with Gasteiger partial charge in [0.2, 0.25) is 0 Å². The van der Waals surface area contributed by atoms with Crippen LogP contribution in [0.3, 0.4) is 0 Å². The van der Waals surface area contributed by atoms with Crippen molar-refractivity contribution in [2.24, 2.45) is 0 Å². The van der Waals surface area contributed by atoms with Crippen molar-refractivity contribution in [2.45, 2.75) is 0 Å². The molecule has 0 bridgehead atoms. The van der Waals surface area contributed by atoms with Crippen molar-refractivity contribution in [3.63, 3.8) is 0 Å². The van der Waals surface area contributed by atoms with Gasteiger partial charge in [0.1, 0.15) is 0 Å². The monoisotopic (exact) mass is 138 g/mol. The molecule has 0 radical (unpaired) electrons. The van der Waals surface area contributed by atoms with E-state index < -0.39 is 7.69 Å². The topological polar surface area (TPSA) is 72.0 Å². The second kappa shape index (κ2) is 27.9. The van der Waals surface area contributed by atoms with Crippen molar-refractivity contribution in [3.8, 4) is 0 Å². The number of hydrogen-bond donors (Lipinski definition) is 2. The Morgan fingerprint density at radius 1 is 1.17 bits per heavy atom. The molecule has 0 aromatic carbocycles. The van der Waals surface area contributed by atoms with Gasteiger partial charge in [0.15, 0.2) is 0 Å². The molecule has 0 aliphatic rings. The summed E-state index contributed by atoms with van der Waals surface area (Å²) in [5, 5.41) is 14.2. The third-order valence-corrected chi connectivity index (χ3v) is 0. The molecule has 6 heteroatoms. The van der Waals surface area contributed by atoms with Crippen LogP contribution in [0.5, 0.6) is 0 Å². The summed E-state index contributed by atoms with van der Waals surface area (Å²) in [6, 6.07) is 0. The van der Waals surface area contributed by atoms with E-state index in [1.165, 1.54) is 0 Å². The van der Waals surface area contributed by atoms with Gasteiger partial charge in [-0.15, -0.1) is 0 Å². The van der Waals surface area contributed by atoms with Gasteiger partial charge < -0.3 is 15.5 Å². The SMILES string of the molecule is O.OBO.P.[KH]. The fraction of sp³-hybridized carbons (Fsp3) is 0. The number of hydrogen-bond acceptors (Lipinski definition) is 2. The zero-order valence-corrected chi connectivity index (χ0v) is 4.22. The first-order chi connectivity index (χ1) is 1.41. The number of rotatable bonds is 0. The molecule has 3 nitrogen and oxygen atoms in total. The van der Waals surface area contributed by atoms with Crippen LogP contribution in [-0.2, 0) is 0 Å². The second-order valence-electron chi connectivity index (χ2n) is 0.141. The Labute approximate surface area is 83.2 Å². The van der Waals surface area contributed by atoms with Crippen LogP contribution >= 0.6 is 9.90 Å². The zero-order valence-electron chi connectivity index (χ0n) is 2.81. The van der Waals surface area contributed by atoms with Crippen LogP contribution in [0.2, 0.25) is 0 Å². The van der Waals surface area contributed by atoms with Gasteiger partial charge in [0.25, 0.3) is 0 Å². The molecular weight excluding hydrogens is 129 g/mol. The Morgan fingerprint density at radius 2 is 1.17 bits per heavy atom. The Balaban J connectivity index is -0.00000000667. The summed E-state index contributed by atoms with van der Waals surface area (Å²) in [7, 11) is -0.750. The quantitative estimate of drug-likeness (QED) is 0.273. The van der Waals surface area contributed by atoms with E-state index in [0.29, 0.717) is 0 Å². The van der Waals surface area contributed by atoms with Gasteiger partial charge >= 0.3 is 59.1 Å². The van der Waals surface area contributed by atoms with Crippen molar-refractivity contribution in [1.82, 2.24) is 0 Å². The van der Waals surface area contributed by atoms with Crippen LogP contribution < -0.4 is 0 Å². The average Bonchev–Trinajstić information content (AvgIpc) is 0.918. The molecule has 0 fully saturated rings. The van der Waals surface area contributed by atoms with E-state index in [9.17, 15) is 0 Å². The van der Waals surface area contributed by atoms with Crippen molar-refractivity contribution in [1.29, 1.82) is 0 Å². The molecule has 1 atom stereocenters. The van der Waals surface area contributed by atoms with Gasteiger partial charge in [0.05, 0.1) is 0 Å². The zero-order chi connectivity index (χ0) is 2.71. The molecule has 0 saturated carbocycles. The summed E-state index contributed by atoms with van der Waals surface area (Å²) >= 11 is 0. The summed E-state index contributed by atoms with van der Waals surface area (Å²) in [5.74, 6) is 0. The molecule has 36 valence electrons. The molecule has 0 aliphatic heterocycles. The molecule has 6 heavy (non-hydrogen) atoms. The standard InChI is InChI=1S/BH3O2.K.H2O.H3P.H/c2-1-3;;;;/h1-3H;;1H2;1H3;. The first-order valence-corrected chi connectivity index (χ1v) is 0.632. The molecular formula is H9BKO3P. The van der Waals surface area contributed by atoms with Crippen molar-refractivity contribution >= 4 is 69.0 Å². The fourth-order valence-electron chi connectivity index (χ4n) is 0. The van der Waals surface area contributed by atoms with Gasteiger partial charge in [-0.3, -0.25) is 0 Å². The van der Waals surface area contributed by atoms with Crippen molar-refractivity contribution < 1.29 is 15.5 Å². The molecule has 0 saturated heterocycles. The van der Waals surface area contributed by atoms with Gasteiger partial charge in [-0.2, -0.15) is 9.90 Å². The van der Waals surface area contributed by atoms with E-state index in [-0.39, 0.29) is 66.8 Å². The van der Waals surface area contributed by atoms with Gasteiger partial charge in [-0.25, -0.2) is 0 Å². The predicted molar refractivity (Wildman–Crippen MR) is 33.5 cm³/mol. The van der Waals surface area contributed by atoms with E-state index in [1.807, 2.05) is 0 Å². The summed E-state index contributed by atoms with van der Waals surface area (Å²) in [6.07, 6.45) is 0. The molecule has 4 N–H and O–H groups in total. The summed E-state index contributed by atoms with van der Waals surface area (Å²) in [4.78, 5) is 0. The van der Waals surface area contributed by atoms with Crippen LogP contribution in [0.25, 0.3) is 0 Å². The Hall–Kier alpha value is 2.01.